The first-order valence-electron chi connectivity index (χ1n) is 4.45. The molecule has 0 amide bonds. The Hall–Kier alpha value is -1.57. The minimum atomic E-state index is 1.01. The summed E-state index contributed by atoms with van der Waals surface area (Å²) < 4.78 is 0. The van der Waals surface area contributed by atoms with Crippen molar-refractivity contribution in [3.63, 3.8) is 0 Å². The van der Waals surface area contributed by atoms with Crippen molar-refractivity contribution >= 4 is 17.8 Å². The van der Waals surface area contributed by atoms with Crippen molar-refractivity contribution in [1.29, 1.82) is 0 Å². The lowest BCUT2D eigenvalue weighted by molar-refractivity contribution is 1.08. The van der Waals surface area contributed by atoms with Crippen LogP contribution in [0.2, 0.25) is 0 Å². The van der Waals surface area contributed by atoms with Crippen molar-refractivity contribution in [2.45, 2.75) is 0 Å². The Labute approximate surface area is 76.5 Å². The summed E-state index contributed by atoms with van der Waals surface area (Å²) in [6.45, 7) is 1.01. The van der Waals surface area contributed by atoms with Gasteiger partial charge >= 0.3 is 0 Å². The Morgan fingerprint density at radius 2 is 2.31 bits per heavy atom. The largest absolute Gasteiger partial charge is 0.370 e. The summed E-state index contributed by atoms with van der Waals surface area (Å²) >= 11 is 0. The summed E-state index contributed by atoms with van der Waals surface area (Å²) in [5.41, 5.74) is 2.60. The van der Waals surface area contributed by atoms with Crippen LogP contribution in [0.4, 0.5) is 5.69 Å². The van der Waals surface area contributed by atoms with E-state index >= 15 is 0 Å². The van der Waals surface area contributed by atoms with E-state index in [1.807, 2.05) is 6.20 Å². The Kier molecular flexibility index (Phi) is 1.18. The van der Waals surface area contributed by atoms with Crippen molar-refractivity contribution in [3.8, 4) is 0 Å². The first kappa shape index (κ1) is 6.89. The van der Waals surface area contributed by atoms with E-state index in [2.05, 4.69) is 41.2 Å². The zero-order chi connectivity index (χ0) is 8.84. The maximum Gasteiger partial charge on any atom is 0.0723 e. The van der Waals surface area contributed by atoms with Crippen LogP contribution in [0.5, 0.6) is 0 Å². The highest BCUT2D eigenvalue weighted by Crippen LogP contribution is 2.18. The molecule has 0 fully saturated rings. The molecule has 2 heteroatoms. The summed E-state index contributed by atoms with van der Waals surface area (Å²) in [5.74, 6) is 0. The number of hydrogen-bond acceptors (Lipinski definition) is 2. The molecule has 1 aromatic rings. The number of rotatable bonds is 0. The topological polar surface area (TPSA) is 15.6 Å². The van der Waals surface area contributed by atoms with E-state index in [0.717, 1.165) is 11.9 Å². The summed E-state index contributed by atoms with van der Waals surface area (Å²) in [6.07, 6.45) is 6.21. The van der Waals surface area contributed by atoms with Crippen molar-refractivity contribution in [2.75, 3.05) is 18.5 Å². The fraction of sp³-hybridized carbons (Fsp3) is 0.182. The summed E-state index contributed by atoms with van der Waals surface area (Å²) in [7, 11) is 2.12. The van der Waals surface area contributed by atoms with E-state index in [9.17, 15) is 0 Å². The molecule has 0 N–H and O–H groups in total. The maximum absolute atomic E-state index is 4.29. The zero-order valence-electron chi connectivity index (χ0n) is 7.49. The molecule has 0 aromatic heterocycles. The van der Waals surface area contributed by atoms with Gasteiger partial charge in [-0.25, -0.2) is 0 Å². The zero-order valence-corrected chi connectivity index (χ0v) is 7.49. The van der Waals surface area contributed by atoms with Crippen LogP contribution in [0.3, 0.4) is 0 Å². The van der Waals surface area contributed by atoms with Gasteiger partial charge in [-0.1, -0.05) is 12.1 Å². The van der Waals surface area contributed by atoms with Crippen LogP contribution in [-0.2, 0) is 0 Å². The van der Waals surface area contributed by atoms with E-state index < -0.39 is 0 Å². The monoisotopic (exact) mass is 170 g/mol. The van der Waals surface area contributed by atoms with Crippen molar-refractivity contribution in [3.05, 3.63) is 34.5 Å². The molecule has 0 radical (unpaired) electrons. The first-order valence-corrected chi connectivity index (χ1v) is 4.45. The summed E-state index contributed by atoms with van der Waals surface area (Å²) in [4.78, 5) is 6.55. The Bertz CT molecular complexity index is 512. The lowest BCUT2D eigenvalue weighted by Gasteiger charge is -2.14. The van der Waals surface area contributed by atoms with Crippen LogP contribution in [0.15, 0.2) is 23.3 Å². The molecule has 0 spiro atoms. The lowest BCUT2D eigenvalue weighted by atomic mass is 10.1. The highest BCUT2D eigenvalue weighted by Gasteiger charge is 2.14. The molecular formula is C11H10N2. The van der Waals surface area contributed by atoms with Gasteiger partial charge in [0.2, 0.25) is 0 Å². The Morgan fingerprint density at radius 1 is 1.38 bits per heavy atom. The Balaban J connectivity index is 2.46. The van der Waals surface area contributed by atoms with E-state index in [1.165, 1.54) is 16.5 Å². The van der Waals surface area contributed by atoms with Crippen molar-refractivity contribution < 1.29 is 0 Å². The molecule has 0 unspecified atom stereocenters. The maximum atomic E-state index is 4.29. The summed E-state index contributed by atoms with van der Waals surface area (Å²) in [5, 5.41) is 2.43. The third-order valence-corrected chi connectivity index (χ3v) is 2.65. The number of fused-ring (bicyclic) bond motifs is 3. The van der Waals surface area contributed by atoms with E-state index in [4.69, 9.17) is 0 Å². The van der Waals surface area contributed by atoms with Gasteiger partial charge in [-0.3, -0.25) is 4.99 Å². The fourth-order valence-corrected chi connectivity index (χ4v) is 2.00. The van der Waals surface area contributed by atoms with Crippen LogP contribution in [-0.4, -0.2) is 13.6 Å². The van der Waals surface area contributed by atoms with Crippen molar-refractivity contribution in [2.24, 2.45) is 4.99 Å². The molecule has 2 aliphatic rings. The van der Waals surface area contributed by atoms with Gasteiger partial charge < -0.3 is 4.90 Å². The quantitative estimate of drug-likeness (QED) is 0.554. The third kappa shape index (κ3) is 0.800. The Morgan fingerprint density at radius 3 is 3.23 bits per heavy atom. The SMILES string of the molecule is CN1CC=c2ccc3c(c21)C=CN=3. The second-order valence-electron chi connectivity index (χ2n) is 3.47. The van der Waals surface area contributed by atoms with Gasteiger partial charge in [0.15, 0.2) is 0 Å². The van der Waals surface area contributed by atoms with Crippen LogP contribution in [0.25, 0.3) is 12.2 Å². The number of nitrogens with zero attached hydrogens (tertiary/aromatic N) is 2. The van der Waals surface area contributed by atoms with Gasteiger partial charge in [0, 0.05) is 25.4 Å². The minimum absolute atomic E-state index is 1.01. The highest BCUT2D eigenvalue weighted by molar-refractivity contribution is 5.73. The molecule has 13 heavy (non-hydrogen) atoms. The number of hydrogen-bond donors (Lipinski definition) is 0. The van der Waals surface area contributed by atoms with Crippen LogP contribution < -0.4 is 15.5 Å². The smallest absolute Gasteiger partial charge is 0.0723 e. The molecule has 2 nitrogen and oxygen atoms in total. The minimum Gasteiger partial charge on any atom is -0.370 e. The molecule has 0 atom stereocenters. The average molecular weight is 170 g/mol. The third-order valence-electron chi connectivity index (χ3n) is 2.65. The summed E-state index contributed by atoms with van der Waals surface area (Å²) in [6, 6.07) is 4.23. The molecule has 0 aliphatic carbocycles. The highest BCUT2D eigenvalue weighted by atomic mass is 15.1. The first-order chi connectivity index (χ1) is 6.36. The molecule has 2 heterocycles. The second-order valence-corrected chi connectivity index (χ2v) is 3.47. The van der Waals surface area contributed by atoms with E-state index in [-0.39, 0.29) is 0 Å². The van der Waals surface area contributed by atoms with Crippen LogP contribution in [0.1, 0.15) is 5.56 Å². The second kappa shape index (κ2) is 2.22. The van der Waals surface area contributed by atoms with Gasteiger partial charge in [-0.05, 0) is 17.4 Å². The predicted octanol–water partition coefficient (Wildman–Crippen LogP) is 0.521. The average Bonchev–Trinajstić information content (AvgIpc) is 2.70. The van der Waals surface area contributed by atoms with Gasteiger partial charge in [0.25, 0.3) is 0 Å². The molecule has 0 saturated heterocycles. The molecule has 2 aliphatic heterocycles. The molecular weight excluding hydrogens is 160 g/mol. The van der Waals surface area contributed by atoms with E-state index in [0.29, 0.717) is 0 Å². The molecule has 0 saturated carbocycles. The van der Waals surface area contributed by atoms with Crippen LogP contribution in [0, 0.1) is 0 Å². The van der Waals surface area contributed by atoms with Gasteiger partial charge in [-0.15, -0.1) is 0 Å². The van der Waals surface area contributed by atoms with Gasteiger partial charge in [0.05, 0.1) is 11.0 Å². The number of benzene rings is 1. The molecule has 0 bridgehead atoms. The molecule has 3 rings (SSSR count). The fourth-order valence-electron chi connectivity index (χ4n) is 2.00. The lowest BCUT2D eigenvalue weighted by Crippen LogP contribution is -2.20. The number of anilines is 1. The molecule has 1 aromatic carbocycles. The van der Waals surface area contributed by atoms with Gasteiger partial charge in [0.1, 0.15) is 0 Å². The van der Waals surface area contributed by atoms with Crippen molar-refractivity contribution in [1.82, 2.24) is 0 Å². The predicted molar refractivity (Wildman–Crippen MR) is 54.0 cm³/mol. The standard InChI is InChI=1S/C11H10N2/c1-13-7-5-8-2-3-10-9(11(8)13)4-6-12-10/h2-6H,7H2,1H3. The molecule has 64 valence electrons. The normalized spacial score (nSPS) is 16.5. The van der Waals surface area contributed by atoms with Gasteiger partial charge in [-0.2, -0.15) is 0 Å². The van der Waals surface area contributed by atoms with E-state index in [1.54, 1.807) is 0 Å². The van der Waals surface area contributed by atoms with Crippen LogP contribution >= 0.6 is 0 Å².